The first-order chi connectivity index (χ1) is 13.8. The molecule has 0 radical (unpaired) electrons. The van der Waals surface area contributed by atoms with Crippen LogP contribution in [0.4, 0.5) is 18.9 Å². The van der Waals surface area contributed by atoms with Gasteiger partial charge in [-0.3, -0.25) is 15.0 Å². The molecule has 1 aliphatic rings. The minimum Gasteiger partial charge on any atom is -0.457 e. The van der Waals surface area contributed by atoms with Crippen LogP contribution in [-0.2, 0) is 15.8 Å². The number of hydrogen-bond donors (Lipinski definition) is 1. The van der Waals surface area contributed by atoms with E-state index < -0.39 is 23.6 Å². The number of carbonyl (C=O) groups is 2. The molecule has 8 heteroatoms. The summed E-state index contributed by atoms with van der Waals surface area (Å²) in [5.74, 6) is -0.798. The van der Waals surface area contributed by atoms with Crippen molar-refractivity contribution in [2.24, 2.45) is 0 Å². The molecule has 1 aliphatic heterocycles. The third-order valence-corrected chi connectivity index (χ3v) is 4.29. The fraction of sp³-hybridized carbons (Fsp3) is 0.0476. The van der Waals surface area contributed by atoms with Gasteiger partial charge in [0.15, 0.2) is 0 Å². The minimum absolute atomic E-state index is 0.140. The quantitative estimate of drug-likeness (QED) is 0.525. The van der Waals surface area contributed by atoms with E-state index in [1.165, 1.54) is 30.3 Å². The first kappa shape index (κ1) is 18.5. The van der Waals surface area contributed by atoms with Gasteiger partial charge < -0.3 is 4.42 Å². The van der Waals surface area contributed by atoms with Gasteiger partial charge in [-0.05, 0) is 42.5 Å². The summed E-state index contributed by atoms with van der Waals surface area (Å²) in [4.78, 5) is 24.8. The Labute approximate surface area is 163 Å². The number of nitrogens with zero attached hydrogens (tertiary/aromatic N) is 1. The molecule has 0 atom stereocenters. The van der Waals surface area contributed by atoms with Crippen molar-refractivity contribution in [3.05, 3.63) is 83.6 Å². The molecule has 0 bridgehead atoms. The third-order valence-electron chi connectivity index (χ3n) is 4.29. The number of alkyl halides is 3. The van der Waals surface area contributed by atoms with Gasteiger partial charge in [0.05, 0.1) is 11.3 Å². The van der Waals surface area contributed by atoms with Gasteiger partial charge in [0.25, 0.3) is 11.8 Å². The number of hydrogen-bond acceptors (Lipinski definition) is 3. The van der Waals surface area contributed by atoms with E-state index >= 15 is 0 Å². The Morgan fingerprint density at radius 3 is 2.41 bits per heavy atom. The highest BCUT2D eigenvalue weighted by Crippen LogP contribution is 2.33. The first-order valence-corrected chi connectivity index (χ1v) is 8.52. The van der Waals surface area contributed by atoms with Crippen molar-refractivity contribution in [1.29, 1.82) is 0 Å². The lowest BCUT2D eigenvalue weighted by molar-refractivity contribution is -0.137. The lowest BCUT2D eigenvalue weighted by Crippen LogP contribution is -2.35. The van der Waals surface area contributed by atoms with E-state index in [0.717, 1.165) is 17.1 Å². The zero-order valence-corrected chi connectivity index (χ0v) is 14.7. The molecule has 2 heterocycles. The molecule has 4 rings (SSSR count). The van der Waals surface area contributed by atoms with Gasteiger partial charge in [0.1, 0.15) is 17.1 Å². The topological polar surface area (TPSA) is 62.6 Å². The predicted octanol–water partition coefficient (Wildman–Crippen LogP) is 4.43. The highest BCUT2D eigenvalue weighted by molar-refractivity contribution is 6.31. The fourth-order valence-corrected chi connectivity index (χ4v) is 2.89. The van der Waals surface area contributed by atoms with E-state index in [2.05, 4.69) is 5.43 Å². The molecular weight excluding hydrogens is 385 g/mol. The summed E-state index contributed by atoms with van der Waals surface area (Å²) in [5, 5.41) is 1.12. The number of rotatable bonds is 3. The smallest absolute Gasteiger partial charge is 0.416 e. The van der Waals surface area contributed by atoms with Crippen molar-refractivity contribution in [2.45, 2.75) is 6.18 Å². The highest BCUT2D eigenvalue weighted by atomic mass is 19.4. The average Bonchev–Trinajstić information content (AvgIpc) is 3.28. The number of anilines is 1. The van der Waals surface area contributed by atoms with Gasteiger partial charge in [0.2, 0.25) is 0 Å². The van der Waals surface area contributed by atoms with E-state index in [0.29, 0.717) is 5.69 Å². The van der Waals surface area contributed by atoms with Gasteiger partial charge in [0, 0.05) is 5.56 Å². The number of para-hydroxylation sites is 1. The summed E-state index contributed by atoms with van der Waals surface area (Å²) in [5.41, 5.74) is 2.26. The lowest BCUT2D eigenvalue weighted by Gasteiger charge is -2.13. The molecule has 3 aromatic rings. The third kappa shape index (κ3) is 3.64. The van der Waals surface area contributed by atoms with Crippen LogP contribution in [0.25, 0.3) is 17.4 Å². The van der Waals surface area contributed by atoms with Crippen molar-refractivity contribution in [1.82, 2.24) is 5.43 Å². The Hall–Kier alpha value is -3.81. The van der Waals surface area contributed by atoms with E-state index in [1.54, 1.807) is 30.3 Å². The molecule has 1 N–H and O–H groups in total. The van der Waals surface area contributed by atoms with E-state index in [4.69, 9.17) is 4.42 Å². The Bertz CT molecular complexity index is 1120. The van der Waals surface area contributed by atoms with Crippen LogP contribution in [0.5, 0.6) is 0 Å². The Kier molecular flexibility index (Phi) is 4.46. The number of nitrogens with one attached hydrogen (secondary N) is 1. The van der Waals surface area contributed by atoms with Gasteiger partial charge in [-0.15, -0.1) is 0 Å². The molecule has 0 unspecified atom stereocenters. The fourth-order valence-electron chi connectivity index (χ4n) is 2.89. The van der Waals surface area contributed by atoms with Crippen LogP contribution in [0.3, 0.4) is 0 Å². The van der Waals surface area contributed by atoms with Crippen molar-refractivity contribution in [2.75, 3.05) is 5.01 Å². The molecule has 5 nitrogen and oxygen atoms in total. The molecule has 146 valence electrons. The van der Waals surface area contributed by atoms with Crippen LogP contribution < -0.4 is 10.4 Å². The Morgan fingerprint density at radius 2 is 1.69 bits per heavy atom. The van der Waals surface area contributed by atoms with Crippen LogP contribution in [0.2, 0.25) is 0 Å². The van der Waals surface area contributed by atoms with Crippen molar-refractivity contribution in [3.8, 4) is 11.3 Å². The lowest BCUT2D eigenvalue weighted by atomic mass is 10.1. The molecule has 2 aromatic carbocycles. The highest BCUT2D eigenvalue weighted by Gasteiger charge is 2.35. The SMILES string of the molecule is O=C1NN(c2ccccc2)C(=O)/C1=C/c1ccc(-c2cccc(C(F)(F)F)c2)o1. The van der Waals surface area contributed by atoms with Crippen molar-refractivity contribution in [3.63, 3.8) is 0 Å². The van der Waals surface area contributed by atoms with E-state index in [1.807, 2.05) is 0 Å². The van der Waals surface area contributed by atoms with Crippen molar-refractivity contribution < 1.29 is 27.2 Å². The molecule has 1 aromatic heterocycles. The van der Waals surface area contributed by atoms with Crippen molar-refractivity contribution >= 4 is 23.6 Å². The first-order valence-electron chi connectivity index (χ1n) is 8.52. The second-order valence-corrected chi connectivity index (χ2v) is 6.26. The van der Waals surface area contributed by atoms with Crippen LogP contribution in [-0.4, -0.2) is 11.8 Å². The van der Waals surface area contributed by atoms with E-state index in [-0.39, 0.29) is 22.7 Å². The predicted molar refractivity (Wildman–Crippen MR) is 99.2 cm³/mol. The summed E-state index contributed by atoms with van der Waals surface area (Å²) in [6.45, 7) is 0. The molecule has 2 amide bonds. The number of amides is 2. The average molecular weight is 398 g/mol. The summed E-state index contributed by atoms with van der Waals surface area (Å²) in [6, 6.07) is 16.2. The summed E-state index contributed by atoms with van der Waals surface area (Å²) >= 11 is 0. The van der Waals surface area contributed by atoms with Gasteiger partial charge in [-0.25, -0.2) is 5.01 Å². The Morgan fingerprint density at radius 1 is 0.931 bits per heavy atom. The van der Waals surface area contributed by atoms with Crippen LogP contribution in [0.1, 0.15) is 11.3 Å². The molecule has 0 spiro atoms. The van der Waals surface area contributed by atoms with E-state index in [9.17, 15) is 22.8 Å². The Balaban J connectivity index is 1.61. The second-order valence-electron chi connectivity index (χ2n) is 6.26. The molecule has 29 heavy (non-hydrogen) atoms. The van der Waals surface area contributed by atoms with Crippen LogP contribution in [0.15, 0.2) is 76.7 Å². The summed E-state index contributed by atoms with van der Waals surface area (Å²) in [6.07, 6.45) is -3.21. The zero-order chi connectivity index (χ0) is 20.6. The second kappa shape index (κ2) is 6.97. The molecule has 1 saturated heterocycles. The normalized spacial score (nSPS) is 15.8. The van der Waals surface area contributed by atoms with Gasteiger partial charge >= 0.3 is 6.18 Å². The number of halogens is 3. The van der Waals surface area contributed by atoms with Crippen LogP contribution >= 0.6 is 0 Å². The monoisotopic (exact) mass is 398 g/mol. The van der Waals surface area contributed by atoms with Gasteiger partial charge in [-0.1, -0.05) is 30.3 Å². The number of furan rings is 1. The maximum Gasteiger partial charge on any atom is 0.416 e. The molecule has 0 saturated carbocycles. The number of carbonyl (C=O) groups excluding carboxylic acids is 2. The summed E-state index contributed by atoms with van der Waals surface area (Å²) < 4.78 is 44.2. The standard InChI is InChI=1S/C21H13F3N2O3/c22-21(23,24)14-6-4-5-13(11-14)18-10-9-16(29-18)12-17-19(27)25-26(20(17)28)15-7-2-1-3-8-15/h1-12H,(H,25,27)/b17-12+. The molecule has 0 aliphatic carbocycles. The van der Waals surface area contributed by atoms with Gasteiger partial charge in [-0.2, -0.15) is 13.2 Å². The molecule has 1 fully saturated rings. The van der Waals surface area contributed by atoms with Crippen LogP contribution in [0, 0.1) is 0 Å². The maximum atomic E-state index is 12.9. The summed E-state index contributed by atoms with van der Waals surface area (Å²) in [7, 11) is 0. The number of hydrazine groups is 1. The maximum absolute atomic E-state index is 12.9. The zero-order valence-electron chi connectivity index (χ0n) is 14.7. The number of benzene rings is 2. The largest absolute Gasteiger partial charge is 0.457 e. The molecular formula is C21H13F3N2O3. The minimum atomic E-state index is -4.47.